The van der Waals surface area contributed by atoms with E-state index in [0.29, 0.717) is 6.61 Å². The van der Waals surface area contributed by atoms with Gasteiger partial charge in [-0.2, -0.15) is 0 Å². The smallest absolute Gasteiger partial charge is 0.173 e. The van der Waals surface area contributed by atoms with Gasteiger partial charge >= 0.3 is 0 Å². The van der Waals surface area contributed by atoms with Gasteiger partial charge in [-0.3, -0.25) is 0 Å². The topological polar surface area (TPSA) is 9.23 Å². The Balaban J connectivity index is 2.92. The average molecular weight is 223 g/mol. The molecule has 0 amide bonds. The van der Waals surface area contributed by atoms with Crippen LogP contribution < -0.4 is 4.74 Å². The molecule has 0 aliphatic heterocycles. The van der Waals surface area contributed by atoms with Crippen LogP contribution in [0.25, 0.3) is 0 Å². The summed E-state index contributed by atoms with van der Waals surface area (Å²) in [5.41, 5.74) is 0. The third kappa shape index (κ3) is 2.75. The van der Waals surface area contributed by atoms with Gasteiger partial charge in [0.15, 0.2) is 11.6 Å². The summed E-state index contributed by atoms with van der Waals surface area (Å²) in [7, 11) is 0. The van der Waals surface area contributed by atoms with Crippen molar-refractivity contribution in [2.75, 3.05) is 6.61 Å². The molecule has 0 spiro atoms. The van der Waals surface area contributed by atoms with Gasteiger partial charge in [-0.15, -0.1) is 0 Å². The van der Waals surface area contributed by atoms with Gasteiger partial charge in [-0.25, -0.2) is 4.39 Å². The van der Waals surface area contributed by atoms with Crippen LogP contribution in [0.1, 0.15) is 13.3 Å². The molecule has 0 fully saturated rings. The molecular formula is C9H9Cl2FO. The number of halogens is 3. The van der Waals surface area contributed by atoms with E-state index in [4.69, 9.17) is 27.9 Å². The Kier molecular flexibility index (Phi) is 3.82. The summed E-state index contributed by atoms with van der Waals surface area (Å²) >= 11 is 11.3. The molecule has 0 radical (unpaired) electrons. The highest BCUT2D eigenvalue weighted by Gasteiger charge is 2.09. The molecule has 0 atom stereocenters. The molecule has 0 saturated carbocycles. The van der Waals surface area contributed by atoms with Crippen LogP contribution in [-0.4, -0.2) is 6.61 Å². The zero-order valence-corrected chi connectivity index (χ0v) is 8.62. The minimum absolute atomic E-state index is 0.0768. The maximum Gasteiger partial charge on any atom is 0.173 e. The molecule has 0 aliphatic carbocycles. The summed E-state index contributed by atoms with van der Waals surface area (Å²) in [5.74, 6) is -0.445. The van der Waals surface area contributed by atoms with E-state index in [-0.39, 0.29) is 15.8 Å². The van der Waals surface area contributed by atoms with Crippen molar-refractivity contribution in [3.8, 4) is 5.75 Å². The molecule has 1 aromatic rings. The average Bonchev–Trinajstić information content (AvgIpc) is 2.02. The molecule has 4 heteroatoms. The number of benzene rings is 1. The Labute approximate surface area is 86.4 Å². The maximum absolute atomic E-state index is 13.1. The van der Waals surface area contributed by atoms with E-state index in [1.165, 1.54) is 12.1 Å². The number of hydrogen-bond donors (Lipinski definition) is 0. The number of rotatable bonds is 3. The fourth-order valence-corrected chi connectivity index (χ4v) is 1.39. The molecule has 1 rings (SSSR count). The predicted octanol–water partition coefficient (Wildman–Crippen LogP) is 3.92. The third-order valence-electron chi connectivity index (χ3n) is 1.41. The van der Waals surface area contributed by atoms with Crippen LogP contribution in [0, 0.1) is 5.82 Å². The molecule has 0 saturated heterocycles. The fourth-order valence-electron chi connectivity index (χ4n) is 0.871. The largest absolute Gasteiger partial charge is 0.489 e. The third-order valence-corrected chi connectivity index (χ3v) is 1.91. The lowest BCUT2D eigenvalue weighted by Gasteiger charge is -2.07. The first-order valence-corrected chi connectivity index (χ1v) is 4.68. The van der Waals surface area contributed by atoms with E-state index in [1.54, 1.807) is 0 Å². The summed E-state index contributed by atoms with van der Waals surface area (Å²) in [5, 5.41) is 0.477. The van der Waals surface area contributed by atoms with Crippen molar-refractivity contribution < 1.29 is 9.13 Å². The second-order valence-electron chi connectivity index (χ2n) is 2.55. The van der Waals surface area contributed by atoms with Crippen molar-refractivity contribution in [2.24, 2.45) is 0 Å². The molecule has 13 heavy (non-hydrogen) atoms. The summed E-state index contributed by atoms with van der Waals surface area (Å²) in [4.78, 5) is 0. The zero-order chi connectivity index (χ0) is 9.84. The van der Waals surface area contributed by atoms with E-state index in [9.17, 15) is 4.39 Å². The van der Waals surface area contributed by atoms with Gasteiger partial charge < -0.3 is 4.74 Å². The molecule has 1 aromatic carbocycles. The van der Waals surface area contributed by atoms with Crippen molar-refractivity contribution in [2.45, 2.75) is 13.3 Å². The Hall–Kier alpha value is -0.470. The predicted molar refractivity (Wildman–Crippen MR) is 52.2 cm³/mol. The molecule has 0 heterocycles. The number of hydrogen-bond acceptors (Lipinski definition) is 1. The van der Waals surface area contributed by atoms with Crippen LogP contribution in [0.5, 0.6) is 5.75 Å². The zero-order valence-electron chi connectivity index (χ0n) is 7.11. The van der Waals surface area contributed by atoms with Crippen LogP contribution in [0.4, 0.5) is 4.39 Å². The van der Waals surface area contributed by atoms with Gasteiger partial charge in [0.25, 0.3) is 0 Å². The van der Waals surface area contributed by atoms with Gasteiger partial charge in [0.05, 0.1) is 11.6 Å². The SMILES string of the molecule is CCCOc1c(F)cc(Cl)cc1Cl. The van der Waals surface area contributed by atoms with Crippen molar-refractivity contribution in [3.05, 3.63) is 28.0 Å². The van der Waals surface area contributed by atoms with Crippen LogP contribution in [0.3, 0.4) is 0 Å². The number of ether oxygens (including phenoxy) is 1. The molecule has 0 N–H and O–H groups in total. The quantitative estimate of drug-likeness (QED) is 0.754. The van der Waals surface area contributed by atoms with E-state index >= 15 is 0 Å². The van der Waals surface area contributed by atoms with Crippen molar-refractivity contribution in [1.29, 1.82) is 0 Å². The maximum atomic E-state index is 13.1. The van der Waals surface area contributed by atoms with Crippen molar-refractivity contribution in [3.63, 3.8) is 0 Å². The molecule has 0 aromatic heterocycles. The van der Waals surface area contributed by atoms with Gasteiger partial charge in [0.2, 0.25) is 0 Å². The molecule has 0 aliphatic rings. The lowest BCUT2D eigenvalue weighted by atomic mass is 10.3. The monoisotopic (exact) mass is 222 g/mol. The summed E-state index contributed by atoms with van der Waals surface area (Å²) in [6.45, 7) is 2.38. The van der Waals surface area contributed by atoms with Gasteiger partial charge in [0.1, 0.15) is 0 Å². The molecule has 0 bridgehead atoms. The Bertz CT molecular complexity index is 279. The van der Waals surface area contributed by atoms with Crippen molar-refractivity contribution >= 4 is 23.2 Å². The summed E-state index contributed by atoms with van der Waals surface area (Å²) in [6.07, 6.45) is 0.804. The second kappa shape index (κ2) is 4.68. The van der Waals surface area contributed by atoms with Gasteiger partial charge in [0, 0.05) is 5.02 Å². The minimum atomic E-state index is -0.522. The molecule has 0 unspecified atom stereocenters. The fraction of sp³-hybridized carbons (Fsp3) is 0.333. The van der Waals surface area contributed by atoms with E-state index in [0.717, 1.165) is 6.42 Å². The highest BCUT2D eigenvalue weighted by atomic mass is 35.5. The first-order chi connectivity index (χ1) is 6.15. The van der Waals surface area contributed by atoms with E-state index in [1.807, 2.05) is 6.92 Å². The molecule has 1 nitrogen and oxygen atoms in total. The van der Waals surface area contributed by atoms with Crippen LogP contribution in [0.2, 0.25) is 10.0 Å². The van der Waals surface area contributed by atoms with Gasteiger partial charge in [-0.1, -0.05) is 30.1 Å². The lowest BCUT2D eigenvalue weighted by molar-refractivity contribution is 0.301. The molecular weight excluding hydrogens is 214 g/mol. The van der Waals surface area contributed by atoms with E-state index < -0.39 is 5.82 Å². The first kappa shape index (κ1) is 10.6. The summed E-state index contributed by atoms with van der Waals surface area (Å²) < 4.78 is 18.2. The second-order valence-corrected chi connectivity index (χ2v) is 3.39. The Morgan fingerprint density at radius 2 is 2.08 bits per heavy atom. The Morgan fingerprint density at radius 3 is 2.62 bits per heavy atom. The normalized spacial score (nSPS) is 10.2. The Morgan fingerprint density at radius 1 is 1.38 bits per heavy atom. The highest BCUT2D eigenvalue weighted by molar-refractivity contribution is 6.35. The van der Waals surface area contributed by atoms with Crippen LogP contribution in [-0.2, 0) is 0 Å². The minimum Gasteiger partial charge on any atom is -0.489 e. The first-order valence-electron chi connectivity index (χ1n) is 3.92. The van der Waals surface area contributed by atoms with E-state index in [2.05, 4.69) is 0 Å². The molecule has 72 valence electrons. The lowest BCUT2D eigenvalue weighted by Crippen LogP contribution is -1.98. The van der Waals surface area contributed by atoms with Crippen molar-refractivity contribution in [1.82, 2.24) is 0 Å². The summed E-state index contributed by atoms with van der Waals surface area (Å²) in [6, 6.07) is 2.63. The highest BCUT2D eigenvalue weighted by Crippen LogP contribution is 2.31. The van der Waals surface area contributed by atoms with Crippen LogP contribution in [0.15, 0.2) is 12.1 Å². The van der Waals surface area contributed by atoms with Gasteiger partial charge in [-0.05, 0) is 18.6 Å². The standard InChI is InChI=1S/C9H9Cl2FO/c1-2-3-13-9-7(11)4-6(10)5-8(9)12/h4-5H,2-3H2,1H3. The van der Waals surface area contributed by atoms with Crippen LogP contribution >= 0.6 is 23.2 Å².